The first-order valence-electron chi connectivity index (χ1n) is 36.8. The third kappa shape index (κ3) is 35.2. The Morgan fingerprint density at radius 3 is 1.12 bits per heavy atom. The highest BCUT2D eigenvalue weighted by Gasteiger charge is 2.36. The Labute approximate surface area is 767 Å². The second-order valence-electron chi connectivity index (χ2n) is 23.4. The predicted octanol–water partition coefficient (Wildman–Crippen LogP) is 18.5. The van der Waals surface area contributed by atoms with E-state index in [2.05, 4.69) is 116 Å². The Hall–Kier alpha value is -5.21. The van der Waals surface area contributed by atoms with Gasteiger partial charge < -0.3 is 44.3 Å². The Balaban J connectivity index is 0.000000411. The molecule has 44 heteroatoms. The topological polar surface area (TPSA) is 392 Å². The SMILES string of the molecule is C=C.C=C.CC.CC.CC.CCNCC.CCNCC.CCNCC.O=S(=O)([O-])CN1C(=Cc2sc3ccc4ccccc4c3[n+]2CS(=O)(=O)O)Sc2ccc(Cl)cc21.O=S(=O)([O-])C[n+]1c(C=C2Sc3ccc(Br)cc3N2CS(=O)(=O)O)sc2ccc(Br)cc21.O=S(=O)([O-])C[n+]1c(C=C2Sc3ccc(Cl)cc3N2CS(=O)(=O)O)sc2ccc(Cl)cc21. The largest absolute Gasteiger partial charge is 0.747 e. The number of thioether (sulfide) groups is 3. The van der Waals surface area contributed by atoms with Crippen molar-refractivity contribution >= 4 is 273 Å². The molecule has 6 N–H and O–H groups in total. The van der Waals surface area contributed by atoms with Crippen molar-refractivity contribution in [1.29, 1.82) is 0 Å². The minimum Gasteiger partial charge on any atom is -0.747 e. The third-order valence-corrected chi connectivity index (χ3v) is 26.9. The van der Waals surface area contributed by atoms with Gasteiger partial charge in [0.1, 0.15) is 30.1 Å². The van der Waals surface area contributed by atoms with Gasteiger partial charge >= 0.3 is 10.1 Å². The molecule has 6 heterocycles. The summed E-state index contributed by atoms with van der Waals surface area (Å²) in [6, 6.07) is 36.7. The van der Waals surface area contributed by atoms with Crippen molar-refractivity contribution in [3.8, 4) is 0 Å². The van der Waals surface area contributed by atoms with E-state index in [4.69, 9.17) is 34.8 Å². The summed E-state index contributed by atoms with van der Waals surface area (Å²) in [5.74, 6) is -4.51. The minimum atomic E-state index is -4.64. The van der Waals surface area contributed by atoms with Crippen LogP contribution in [0.15, 0.2) is 192 Å². The zero-order valence-electron chi connectivity index (χ0n) is 68.1. The molecule has 121 heavy (non-hydrogen) atoms. The van der Waals surface area contributed by atoms with Crippen molar-refractivity contribution < 1.29 is 91.5 Å². The normalized spacial score (nSPS) is 13.7. The molecular weight excluding hydrogens is 1990 g/mol. The highest BCUT2D eigenvalue weighted by atomic mass is 79.9. The summed E-state index contributed by atoms with van der Waals surface area (Å²) in [5, 5.41) is 14.7. The van der Waals surface area contributed by atoms with Crippen molar-refractivity contribution in [3.63, 3.8) is 0 Å². The number of halogens is 5. The van der Waals surface area contributed by atoms with Gasteiger partial charge in [0.2, 0.25) is 28.3 Å². The molecule has 666 valence electrons. The number of anilines is 3. The Bertz CT molecular complexity index is 5730. The van der Waals surface area contributed by atoms with Crippen molar-refractivity contribution in [2.24, 2.45) is 0 Å². The molecule has 0 aliphatic carbocycles. The molecule has 7 aromatic carbocycles. The minimum absolute atomic E-state index is 0.367. The van der Waals surface area contributed by atoms with Gasteiger partial charge in [-0.25, -0.2) is 25.3 Å². The first kappa shape index (κ1) is 110. The molecule has 0 fully saturated rings. The quantitative estimate of drug-likeness (QED) is 0.0221. The monoisotopic (exact) mass is 2080 g/mol. The van der Waals surface area contributed by atoms with E-state index in [9.17, 15) is 77.8 Å². The average molecular weight is 2090 g/mol. The molecule has 0 bridgehead atoms. The number of benzene rings is 7. The Morgan fingerprint density at radius 2 is 0.736 bits per heavy atom. The summed E-state index contributed by atoms with van der Waals surface area (Å²) in [7, 11) is -27.0. The molecule has 0 atom stereocenters. The molecule has 0 spiro atoms. The second-order valence-corrected chi connectivity index (χ2v) is 41.3. The van der Waals surface area contributed by atoms with Crippen LogP contribution < -0.4 is 44.4 Å². The number of thiazole rings is 3. The molecule has 3 aliphatic rings. The van der Waals surface area contributed by atoms with Crippen LogP contribution in [0.2, 0.25) is 15.1 Å². The number of rotatable bonds is 21. The number of nitrogens with one attached hydrogen (secondary N) is 3. The lowest BCUT2D eigenvalue weighted by molar-refractivity contribution is -0.649. The third-order valence-electron chi connectivity index (χ3n) is 15.1. The van der Waals surface area contributed by atoms with Crippen LogP contribution in [0.1, 0.15) is 98.1 Å². The summed E-state index contributed by atoms with van der Waals surface area (Å²) in [5.41, 5.74) is 3.16. The summed E-state index contributed by atoms with van der Waals surface area (Å²) >= 11 is 32.4. The first-order valence-corrected chi connectivity index (χ1v) is 54.0. The zero-order valence-corrected chi connectivity index (χ0v) is 83.3. The number of hydrogen-bond acceptors (Lipinski definition) is 27. The highest BCUT2D eigenvalue weighted by molar-refractivity contribution is 9.10. The molecule has 13 rings (SSSR count). The van der Waals surface area contributed by atoms with E-state index in [0.29, 0.717) is 93.3 Å². The average Bonchev–Trinajstić information content (AvgIpc) is 1.62. The maximum absolute atomic E-state index is 11.9. The van der Waals surface area contributed by atoms with Crippen LogP contribution in [-0.2, 0) is 78.3 Å². The van der Waals surface area contributed by atoms with Crippen molar-refractivity contribution in [2.45, 2.75) is 115 Å². The van der Waals surface area contributed by atoms with E-state index in [1.165, 1.54) is 97.7 Å². The van der Waals surface area contributed by atoms with Crippen LogP contribution >= 0.6 is 136 Å². The molecule has 0 radical (unpaired) electrons. The van der Waals surface area contributed by atoms with E-state index >= 15 is 0 Å². The van der Waals surface area contributed by atoms with Crippen LogP contribution in [0.5, 0.6) is 0 Å². The fourth-order valence-corrected chi connectivity index (χ4v) is 22.7. The summed E-state index contributed by atoms with van der Waals surface area (Å²) in [6.45, 7) is 43.2. The standard InChI is InChI=1S/C21H15ClN2O6S4.C17H12Br2N2O6S4.C17H12Cl2N2O6S4.3C4H11N.3C2H6.2C2H4/c22-14-6-8-17-16(9-14)23(11-33(25,26)27)19(31-17)10-20-24(12-34(28,29)30)21-15-4-2-1-3-13(15)5-7-18(21)32-20;2*18-10-1-3-14-12(5-10)20(8-30(22,23)24)16(28-14)7-17-21(9-31(25,26)27)13-6-11(19)2-4-15(13)29-17;3*1-3-5-4-2;5*1-2/h1-10H,11-12H2,(H-,25,26,27,28,29,30);2*1-7H,8-9H2,(H-,22,23,24,25,26,27);3*5H,3-4H2,1-2H3;3*1-2H3;2*1-2H2. The molecule has 10 aromatic rings. The van der Waals surface area contributed by atoms with Gasteiger partial charge in [-0.2, -0.15) is 39.0 Å². The van der Waals surface area contributed by atoms with Crippen LogP contribution in [0, 0.1) is 0 Å². The van der Waals surface area contributed by atoms with Crippen molar-refractivity contribution in [3.05, 3.63) is 208 Å². The Morgan fingerprint density at radius 1 is 0.405 bits per heavy atom. The Kier molecular flexibility index (Phi) is 47.4. The fraction of sp³-hybridized carbons (Fsp3) is 0.312. The van der Waals surface area contributed by atoms with Crippen LogP contribution in [0.25, 0.3) is 59.7 Å². The van der Waals surface area contributed by atoms with Gasteiger partial charge in [0.15, 0.2) is 32.0 Å². The van der Waals surface area contributed by atoms with Crippen molar-refractivity contribution in [1.82, 2.24) is 16.0 Å². The number of fused-ring (bicyclic) bond motifs is 8. The molecule has 3 aliphatic heterocycles. The number of nitrogens with zero attached hydrogens (tertiary/aromatic N) is 6. The molecular formula is C77H98Br2Cl3N9O18S12. The van der Waals surface area contributed by atoms with Gasteiger partial charge in [0.25, 0.3) is 41.1 Å². The van der Waals surface area contributed by atoms with Gasteiger partial charge in [-0.3, -0.25) is 13.7 Å². The summed E-state index contributed by atoms with van der Waals surface area (Å²) in [4.78, 5) is 6.29. The van der Waals surface area contributed by atoms with E-state index in [0.717, 1.165) is 73.3 Å². The number of aromatic nitrogens is 3. The van der Waals surface area contributed by atoms with Gasteiger partial charge in [-0.05, 0) is 136 Å². The second kappa shape index (κ2) is 52.2. The number of hydrogen-bond donors (Lipinski definition) is 6. The van der Waals surface area contributed by atoms with Gasteiger partial charge in [-0.1, -0.05) is 243 Å². The molecule has 0 unspecified atom stereocenters. The maximum Gasteiger partial charge on any atom is 0.326 e. The molecule has 27 nitrogen and oxygen atoms in total. The van der Waals surface area contributed by atoms with Gasteiger partial charge in [0, 0.05) is 50.8 Å². The van der Waals surface area contributed by atoms with E-state index in [-0.39, 0.29) is 0 Å². The van der Waals surface area contributed by atoms with E-state index < -0.39 is 96.0 Å². The summed E-state index contributed by atoms with van der Waals surface area (Å²) in [6.07, 6.45) is 4.80. The van der Waals surface area contributed by atoms with Gasteiger partial charge in [-0.15, -0.1) is 26.3 Å². The first-order chi connectivity index (χ1) is 57.0. The zero-order chi connectivity index (χ0) is 91.7. The summed E-state index contributed by atoms with van der Waals surface area (Å²) < 4.78 is 211. The highest BCUT2D eigenvalue weighted by Crippen LogP contribution is 2.51. The maximum atomic E-state index is 11.9. The lowest BCUT2D eigenvalue weighted by Crippen LogP contribution is -2.39. The van der Waals surface area contributed by atoms with E-state index in [1.54, 1.807) is 103 Å². The lowest BCUT2D eigenvalue weighted by Gasteiger charge is -2.21. The van der Waals surface area contributed by atoms with Crippen molar-refractivity contribution in [2.75, 3.05) is 71.6 Å². The van der Waals surface area contributed by atoms with Crippen LogP contribution in [0.3, 0.4) is 0 Å². The van der Waals surface area contributed by atoms with E-state index in [1.807, 2.05) is 84.0 Å². The molecule has 0 saturated heterocycles. The smallest absolute Gasteiger partial charge is 0.326 e. The fourth-order valence-electron chi connectivity index (χ4n) is 10.7. The van der Waals surface area contributed by atoms with Gasteiger partial charge in [0.05, 0.1) is 55.8 Å². The molecule has 0 saturated carbocycles. The van der Waals surface area contributed by atoms with Crippen LogP contribution in [0.4, 0.5) is 17.1 Å². The molecule has 3 aromatic heterocycles. The molecule has 0 amide bonds. The van der Waals surface area contributed by atoms with Crippen LogP contribution in [-0.4, -0.2) is 135 Å². The lowest BCUT2D eigenvalue weighted by atomic mass is 10.1. The predicted molar refractivity (Wildman–Crippen MR) is 510 cm³/mol.